The van der Waals surface area contributed by atoms with Gasteiger partial charge < -0.3 is 25.3 Å². The molecule has 0 saturated heterocycles. The summed E-state index contributed by atoms with van der Waals surface area (Å²) in [7, 11) is 4.57. The first-order chi connectivity index (χ1) is 10.7. The first-order valence-electron chi connectivity index (χ1n) is 7.46. The molecular weight excluding hydrogens is 320 g/mol. The van der Waals surface area contributed by atoms with Crippen LogP contribution < -0.4 is 25.3 Å². The standard InChI is InChI=1S/C16H24N2O4.ClH/c1-20-13-8-7-11(14(21-2)15(13)22-3)16(19)18-12-6-4-5-10(12)9-17;/h7-8,10,12H,4-6,9,17H2,1-3H3,(H,18,19);1H. The van der Waals surface area contributed by atoms with Gasteiger partial charge in [-0.05, 0) is 37.4 Å². The van der Waals surface area contributed by atoms with Crippen molar-refractivity contribution >= 4 is 18.3 Å². The van der Waals surface area contributed by atoms with Crippen LogP contribution in [-0.2, 0) is 0 Å². The van der Waals surface area contributed by atoms with E-state index in [4.69, 9.17) is 19.9 Å². The highest BCUT2D eigenvalue weighted by molar-refractivity contribution is 5.98. The molecule has 1 aromatic rings. The molecule has 1 aliphatic carbocycles. The molecule has 1 aromatic carbocycles. The Morgan fingerprint density at radius 2 is 1.87 bits per heavy atom. The molecule has 6 nitrogen and oxygen atoms in total. The largest absolute Gasteiger partial charge is 0.493 e. The smallest absolute Gasteiger partial charge is 0.255 e. The summed E-state index contributed by atoms with van der Waals surface area (Å²) in [5.74, 6) is 1.48. The molecule has 3 N–H and O–H groups in total. The molecule has 0 spiro atoms. The molecule has 0 aromatic heterocycles. The molecule has 0 aliphatic heterocycles. The zero-order valence-corrected chi connectivity index (χ0v) is 14.6. The van der Waals surface area contributed by atoms with E-state index in [0.717, 1.165) is 19.3 Å². The highest BCUT2D eigenvalue weighted by Crippen LogP contribution is 2.39. The maximum absolute atomic E-state index is 12.6. The number of rotatable bonds is 6. The Kier molecular flexibility index (Phi) is 7.45. The van der Waals surface area contributed by atoms with Gasteiger partial charge in [-0.25, -0.2) is 0 Å². The van der Waals surface area contributed by atoms with Gasteiger partial charge in [-0.3, -0.25) is 4.79 Å². The minimum atomic E-state index is -0.178. The van der Waals surface area contributed by atoms with E-state index in [-0.39, 0.29) is 24.4 Å². The quantitative estimate of drug-likeness (QED) is 0.824. The summed E-state index contributed by atoms with van der Waals surface area (Å²) in [5, 5.41) is 3.06. The van der Waals surface area contributed by atoms with Gasteiger partial charge in [-0.2, -0.15) is 0 Å². The Morgan fingerprint density at radius 1 is 1.17 bits per heavy atom. The Bertz CT molecular complexity index is 539. The van der Waals surface area contributed by atoms with Crippen molar-refractivity contribution < 1.29 is 19.0 Å². The van der Waals surface area contributed by atoms with Crippen molar-refractivity contribution in [2.75, 3.05) is 27.9 Å². The first kappa shape index (κ1) is 19.4. The molecule has 2 rings (SSSR count). The Morgan fingerprint density at radius 3 is 2.43 bits per heavy atom. The normalized spacial score (nSPS) is 19.7. The number of nitrogens with two attached hydrogens (primary N) is 1. The van der Waals surface area contributed by atoms with Crippen LogP contribution in [0.3, 0.4) is 0 Å². The second kappa shape index (κ2) is 8.84. The number of hydrogen-bond donors (Lipinski definition) is 2. The maximum Gasteiger partial charge on any atom is 0.255 e. The van der Waals surface area contributed by atoms with Crippen LogP contribution in [0.4, 0.5) is 0 Å². The average molecular weight is 345 g/mol. The van der Waals surface area contributed by atoms with Crippen LogP contribution in [-0.4, -0.2) is 39.8 Å². The van der Waals surface area contributed by atoms with Crippen LogP contribution in [0.5, 0.6) is 17.2 Å². The van der Waals surface area contributed by atoms with Gasteiger partial charge in [0, 0.05) is 6.04 Å². The van der Waals surface area contributed by atoms with E-state index < -0.39 is 0 Å². The predicted octanol–water partition coefficient (Wildman–Crippen LogP) is 1.99. The van der Waals surface area contributed by atoms with Crippen LogP contribution in [0, 0.1) is 5.92 Å². The highest BCUT2D eigenvalue weighted by Gasteiger charge is 2.29. The van der Waals surface area contributed by atoms with Gasteiger partial charge in [-0.15, -0.1) is 12.4 Å². The lowest BCUT2D eigenvalue weighted by molar-refractivity contribution is 0.0925. The van der Waals surface area contributed by atoms with Crippen molar-refractivity contribution in [3.05, 3.63) is 17.7 Å². The van der Waals surface area contributed by atoms with Crippen LogP contribution in [0.1, 0.15) is 29.6 Å². The zero-order chi connectivity index (χ0) is 16.1. The summed E-state index contributed by atoms with van der Waals surface area (Å²) in [6, 6.07) is 3.50. The van der Waals surface area contributed by atoms with E-state index in [1.54, 1.807) is 19.2 Å². The van der Waals surface area contributed by atoms with E-state index in [2.05, 4.69) is 5.32 Å². The third-order valence-electron chi connectivity index (χ3n) is 4.23. The second-order valence-corrected chi connectivity index (χ2v) is 5.39. The predicted molar refractivity (Wildman–Crippen MR) is 91.0 cm³/mol. The Balaban J connectivity index is 0.00000264. The maximum atomic E-state index is 12.6. The second-order valence-electron chi connectivity index (χ2n) is 5.39. The molecule has 2 atom stereocenters. The molecule has 1 amide bonds. The van der Waals surface area contributed by atoms with Crippen molar-refractivity contribution in [2.24, 2.45) is 11.7 Å². The third kappa shape index (κ3) is 4.00. The lowest BCUT2D eigenvalue weighted by Crippen LogP contribution is -2.40. The summed E-state index contributed by atoms with van der Waals surface area (Å²) in [5.41, 5.74) is 6.20. The summed E-state index contributed by atoms with van der Waals surface area (Å²) in [6.45, 7) is 0.591. The zero-order valence-electron chi connectivity index (χ0n) is 13.8. The minimum absolute atomic E-state index is 0. The third-order valence-corrected chi connectivity index (χ3v) is 4.23. The van der Waals surface area contributed by atoms with Crippen molar-refractivity contribution in [1.82, 2.24) is 5.32 Å². The molecule has 1 fully saturated rings. The molecular formula is C16H25ClN2O4. The van der Waals surface area contributed by atoms with Gasteiger partial charge >= 0.3 is 0 Å². The first-order valence-corrected chi connectivity index (χ1v) is 7.46. The van der Waals surface area contributed by atoms with Crippen molar-refractivity contribution in [3.63, 3.8) is 0 Å². The van der Waals surface area contributed by atoms with Crippen molar-refractivity contribution in [1.29, 1.82) is 0 Å². The van der Waals surface area contributed by atoms with E-state index in [1.165, 1.54) is 14.2 Å². The molecule has 23 heavy (non-hydrogen) atoms. The van der Waals surface area contributed by atoms with E-state index in [9.17, 15) is 4.79 Å². The molecule has 7 heteroatoms. The van der Waals surface area contributed by atoms with Crippen molar-refractivity contribution in [3.8, 4) is 17.2 Å². The van der Waals surface area contributed by atoms with Gasteiger partial charge in [0.05, 0.1) is 26.9 Å². The van der Waals surface area contributed by atoms with E-state index in [0.29, 0.717) is 35.3 Å². The van der Waals surface area contributed by atoms with Crippen LogP contribution >= 0.6 is 12.4 Å². The molecule has 0 heterocycles. The topological polar surface area (TPSA) is 82.8 Å². The molecule has 0 bridgehead atoms. The fraction of sp³-hybridized carbons (Fsp3) is 0.562. The molecule has 1 aliphatic rings. The highest BCUT2D eigenvalue weighted by atomic mass is 35.5. The monoisotopic (exact) mass is 344 g/mol. The van der Waals surface area contributed by atoms with Gasteiger partial charge in [0.1, 0.15) is 0 Å². The SMILES string of the molecule is COc1ccc(C(=O)NC2CCCC2CN)c(OC)c1OC.Cl. The molecule has 2 unspecified atom stereocenters. The number of hydrogen-bond acceptors (Lipinski definition) is 5. The molecule has 0 radical (unpaired) electrons. The van der Waals surface area contributed by atoms with Crippen LogP contribution in [0.15, 0.2) is 12.1 Å². The van der Waals surface area contributed by atoms with Crippen LogP contribution in [0.25, 0.3) is 0 Å². The van der Waals surface area contributed by atoms with Gasteiger partial charge in [0.15, 0.2) is 11.5 Å². The average Bonchev–Trinajstić information content (AvgIpc) is 3.00. The van der Waals surface area contributed by atoms with Gasteiger partial charge in [-0.1, -0.05) is 6.42 Å². The number of carbonyl (C=O) groups excluding carboxylic acids is 1. The number of ether oxygens (including phenoxy) is 3. The summed E-state index contributed by atoms with van der Waals surface area (Å²) >= 11 is 0. The molecule has 130 valence electrons. The number of halogens is 1. The number of amides is 1. The lowest BCUT2D eigenvalue weighted by atomic mass is 10.0. The van der Waals surface area contributed by atoms with Crippen molar-refractivity contribution in [2.45, 2.75) is 25.3 Å². The summed E-state index contributed by atoms with van der Waals surface area (Å²) in [6.07, 6.45) is 3.11. The number of benzene rings is 1. The summed E-state index contributed by atoms with van der Waals surface area (Å²) < 4.78 is 15.9. The minimum Gasteiger partial charge on any atom is -0.493 e. The van der Waals surface area contributed by atoms with Gasteiger partial charge in [0.25, 0.3) is 5.91 Å². The Hall–Kier alpha value is -1.66. The lowest BCUT2D eigenvalue weighted by Gasteiger charge is -2.21. The fourth-order valence-corrected chi connectivity index (χ4v) is 3.04. The Labute approximate surface area is 143 Å². The fourth-order valence-electron chi connectivity index (χ4n) is 3.04. The van der Waals surface area contributed by atoms with E-state index in [1.807, 2.05) is 0 Å². The molecule has 1 saturated carbocycles. The number of methoxy groups -OCH3 is 3. The number of carbonyl (C=O) groups is 1. The summed E-state index contributed by atoms with van der Waals surface area (Å²) in [4.78, 5) is 12.6. The van der Waals surface area contributed by atoms with Gasteiger partial charge in [0.2, 0.25) is 5.75 Å². The number of nitrogens with one attached hydrogen (secondary N) is 1. The van der Waals surface area contributed by atoms with Crippen LogP contribution in [0.2, 0.25) is 0 Å². The van der Waals surface area contributed by atoms with E-state index >= 15 is 0 Å².